The zero-order valence-electron chi connectivity index (χ0n) is 18.5. The molecule has 17 heteroatoms. The van der Waals surface area contributed by atoms with Crippen LogP contribution in [0, 0.1) is 6.92 Å². The molecule has 3 rings (SSSR count). The van der Waals surface area contributed by atoms with Gasteiger partial charge in [-0.05, 0) is 48.5 Å². The standard InChI is InChI=1S/C18H16N3O5S2.2Na.H2O4S/c1-2-27(22,23)13-5-3-12(4-6-13)20-21-18-10-9-17(19)16-11-14(28(24,25)26)7-8-15(16)18;;;1-5(2,3)4/h3-11H,1-2,19H2,(H,24,25,26);;;(H2,1,2,3,4)/q-1;2*+1;/p-2. The molecule has 0 fully saturated rings. The van der Waals surface area contributed by atoms with E-state index in [4.69, 9.17) is 23.3 Å². The van der Waals surface area contributed by atoms with E-state index in [2.05, 4.69) is 17.2 Å². The molecule has 0 aliphatic rings. The molecule has 3 N–H and O–H groups in total. The topological polar surface area (TPSA) is 220 Å². The molecule has 35 heavy (non-hydrogen) atoms. The van der Waals surface area contributed by atoms with Crippen LogP contribution in [0.4, 0.5) is 17.1 Å². The van der Waals surface area contributed by atoms with E-state index < -0.39 is 30.4 Å². The Morgan fingerprint density at radius 2 is 1.31 bits per heavy atom. The molecule has 3 aromatic rings. The normalized spacial score (nSPS) is 11.8. The smallest absolute Gasteiger partial charge is 0.744 e. The molecule has 0 radical (unpaired) electrons. The first-order valence-corrected chi connectivity index (χ1v) is 13.0. The first kappa shape index (κ1) is 34.0. The Bertz CT molecular complexity index is 1520. The molecule has 0 atom stereocenters. The van der Waals surface area contributed by atoms with Crippen LogP contribution in [0.3, 0.4) is 0 Å². The SMILES string of the molecule is O=S(=O)([O-])O.[CH2-]CS(=O)(=O)c1ccc(N=Nc2ccc(N)c3cc(S(=O)(=O)[O-])ccc23)cc1.[Na+].[Na+]. The molecule has 0 bridgehead atoms. The first-order valence-electron chi connectivity index (χ1n) is 8.62. The second-order valence-corrected chi connectivity index (χ2v) is 10.6. The van der Waals surface area contributed by atoms with Crippen LogP contribution in [0.2, 0.25) is 0 Å². The number of fused-ring (bicyclic) bond motifs is 1. The van der Waals surface area contributed by atoms with Gasteiger partial charge in [-0.25, -0.2) is 25.3 Å². The van der Waals surface area contributed by atoms with Crippen molar-refractivity contribution in [3.05, 3.63) is 61.5 Å². The van der Waals surface area contributed by atoms with E-state index in [1.54, 1.807) is 6.07 Å². The molecular weight excluding hydrogens is 544 g/mol. The molecule has 0 aliphatic carbocycles. The van der Waals surface area contributed by atoms with Crippen molar-refractivity contribution in [2.45, 2.75) is 9.79 Å². The predicted octanol–water partition coefficient (Wildman–Crippen LogP) is -3.64. The summed E-state index contributed by atoms with van der Waals surface area (Å²) in [5.41, 5.74) is 7.01. The average molecular weight is 561 g/mol. The van der Waals surface area contributed by atoms with Gasteiger partial charge < -0.3 is 21.8 Å². The number of hydrogen-bond donors (Lipinski definition) is 2. The van der Waals surface area contributed by atoms with Crippen molar-refractivity contribution in [1.82, 2.24) is 0 Å². The van der Waals surface area contributed by atoms with Crippen LogP contribution in [0.1, 0.15) is 0 Å². The molecule has 0 aromatic heterocycles. The van der Waals surface area contributed by atoms with Gasteiger partial charge in [0.1, 0.15) is 10.1 Å². The molecule has 0 amide bonds. The van der Waals surface area contributed by atoms with Gasteiger partial charge in [-0.1, -0.05) is 11.8 Å². The fourth-order valence-corrected chi connectivity index (χ4v) is 3.81. The largest absolute Gasteiger partial charge is 1.00 e. The third kappa shape index (κ3) is 10.5. The predicted molar refractivity (Wildman–Crippen MR) is 117 cm³/mol. The van der Waals surface area contributed by atoms with Gasteiger partial charge >= 0.3 is 59.1 Å². The average Bonchev–Trinajstić information content (AvgIpc) is 2.71. The van der Waals surface area contributed by atoms with Gasteiger partial charge in [0.15, 0.2) is 9.84 Å². The summed E-state index contributed by atoms with van der Waals surface area (Å²) in [7, 11) is -12.9. The van der Waals surface area contributed by atoms with E-state index >= 15 is 0 Å². The first-order chi connectivity index (χ1) is 15.1. The number of anilines is 1. The summed E-state index contributed by atoms with van der Waals surface area (Å²) in [6, 6.07) is 12.8. The maximum absolute atomic E-state index is 11.8. The Morgan fingerprint density at radius 1 is 0.800 bits per heavy atom. The monoisotopic (exact) mass is 560 g/mol. The fraction of sp³-hybridized carbons (Fsp3) is 0.0556. The minimum atomic E-state index is -4.92. The van der Waals surface area contributed by atoms with Gasteiger partial charge in [0.25, 0.3) is 0 Å². The summed E-state index contributed by atoms with van der Waals surface area (Å²) in [6.07, 6.45) is 0. The number of rotatable bonds is 5. The van der Waals surface area contributed by atoms with Crippen LogP contribution in [0.15, 0.2) is 74.6 Å². The van der Waals surface area contributed by atoms with Crippen LogP contribution in [-0.4, -0.2) is 44.7 Å². The second-order valence-electron chi connectivity index (χ2n) is 6.28. The summed E-state index contributed by atoms with van der Waals surface area (Å²) in [5, 5.41) is 9.09. The summed E-state index contributed by atoms with van der Waals surface area (Å²) in [5.74, 6) is -0.244. The van der Waals surface area contributed by atoms with Gasteiger partial charge in [0, 0.05) is 16.5 Å². The molecule has 3 aromatic carbocycles. The zero-order chi connectivity index (χ0) is 25.0. The van der Waals surface area contributed by atoms with Crippen molar-refractivity contribution in [1.29, 1.82) is 0 Å². The maximum atomic E-state index is 11.8. The number of azo groups is 1. The minimum absolute atomic E-state index is 0. The van der Waals surface area contributed by atoms with Crippen LogP contribution >= 0.6 is 0 Å². The molecule has 0 saturated heterocycles. The molecule has 0 unspecified atom stereocenters. The van der Waals surface area contributed by atoms with Crippen LogP contribution < -0.4 is 64.8 Å². The van der Waals surface area contributed by atoms with Crippen molar-refractivity contribution in [3.63, 3.8) is 0 Å². The van der Waals surface area contributed by atoms with Crippen molar-refractivity contribution in [2.75, 3.05) is 11.5 Å². The van der Waals surface area contributed by atoms with E-state index in [1.807, 2.05) is 0 Å². The Kier molecular flexibility index (Phi) is 13.2. The number of nitrogens with two attached hydrogens (primary N) is 1. The maximum Gasteiger partial charge on any atom is 1.00 e. The van der Waals surface area contributed by atoms with E-state index in [-0.39, 0.29) is 74.7 Å². The Labute approximate surface area is 246 Å². The molecule has 0 aliphatic heterocycles. The van der Waals surface area contributed by atoms with Crippen LogP contribution in [0.25, 0.3) is 10.8 Å². The van der Waals surface area contributed by atoms with Crippen molar-refractivity contribution >= 4 is 58.2 Å². The number of benzene rings is 3. The van der Waals surface area contributed by atoms with Gasteiger partial charge in [-0.15, -0.1) is 5.11 Å². The van der Waals surface area contributed by atoms with Crippen molar-refractivity contribution in [2.24, 2.45) is 10.2 Å². The third-order valence-corrected chi connectivity index (χ3v) is 6.38. The van der Waals surface area contributed by atoms with Crippen LogP contribution in [-0.2, 0) is 30.4 Å². The molecule has 0 saturated carbocycles. The number of hydrogen-bond acceptors (Lipinski definition) is 11. The van der Waals surface area contributed by atoms with Gasteiger partial charge in [0.05, 0.1) is 21.2 Å². The fourth-order valence-electron chi connectivity index (χ4n) is 2.53. The number of nitrogen functional groups attached to an aromatic ring is 1. The summed E-state index contributed by atoms with van der Waals surface area (Å²) < 4.78 is 90.0. The van der Waals surface area contributed by atoms with E-state index in [0.29, 0.717) is 27.8 Å². The van der Waals surface area contributed by atoms with E-state index in [0.717, 1.165) is 0 Å². The summed E-state index contributed by atoms with van der Waals surface area (Å²) >= 11 is 0. The van der Waals surface area contributed by atoms with Gasteiger partial charge in [0.2, 0.25) is 10.4 Å². The Hall–Kier alpha value is -0.950. The van der Waals surface area contributed by atoms with Crippen molar-refractivity contribution in [3.8, 4) is 0 Å². The second kappa shape index (κ2) is 13.6. The van der Waals surface area contributed by atoms with E-state index in [9.17, 15) is 21.4 Å². The number of nitrogens with zero attached hydrogens (tertiary/aromatic N) is 2. The molecule has 0 spiro atoms. The summed E-state index contributed by atoms with van der Waals surface area (Å²) in [6.45, 7) is 3.39. The molecule has 12 nitrogen and oxygen atoms in total. The molecule has 178 valence electrons. The quantitative estimate of drug-likeness (QED) is 0.0778. The summed E-state index contributed by atoms with van der Waals surface area (Å²) in [4.78, 5) is -0.242. The molecule has 0 heterocycles. The zero-order valence-corrected chi connectivity index (χ0v) is 25.0. The Morgan fingerprint density at radius 3 is 1.80 bits per heavy atom. The van der Waals surface area contributed by atoms with Crippen molar-refractivity contribution < 1.29 is 98.0 Å². The van der Waals surface area contributed by atoms with E-state index in [1.165, 1.54) is 48.5 Å². The Balaban J connectivity index is 0.00000150. The van der Waals surface area contributed by atoms with Gasteiger partial charge in [-0.2, -0.15) is 5.11 Å². The third-order valence-electron chi connectivity index (χ3n) is 4.03. The number of sulfone groups is 1. The van der Waals surface area contributed by atoms with Crippen LogP contribution in [0.5, 0.6) is 0 Å². The molecular formula is C18H16N3Na2O9S3-. The van der Waals surface area contributed by atoms with Gasteiger partial charge in [-0.3, -0.25) is 4.55 Å². The minimum Gasteiger partial charge on any atom is -0.744 e.